The van der Waals surface area contributed by atoms with Crippen LogP contribution >= 0.6 is 35.0 Å². The summed E-state index contributed by atoms with van der Waals surface area (Å²) in [7, 11) is 0. The third-order valence-electron chi connectivity index (χ3n) is 4.81. The molecule has 7 heteroatoms. The van der Waals surface area contributed by atoms with E-state index in [1.807, 2.05) is 32.0 Å². The summed E-state index contributed by atoms with van der Waals surface area (Å²) in [5, 5.41) is 5.17. The highest BCUT2D eigenvalue weighted by Gasteiger charge is 2.11. The molecule has 0 saturated heterocycles. The van der Waals surface area contributed by atoms with Gasteiger partial charge in [-0.3, -0.25) is 4.79 Å². The van der Waals surface area contributed by atoms with Gasteiger partial charge in [0.2, 0.25) is 5.91 Å². The SMILES string of the molecule is Cc1cc(C)cc(CSCC(=O)N/N=C/c2cc(C)n(-c3ccc(Cl)c(Cl)c3)c2C)c1. The van der Waals surface area contributed by atoms with E-state index in [1.54, 1.807) is 24.0 Å². The summed E-state index contributed by atoms with van der Waals surface area (Å²) < 4.78 is 2.07. The van der Waals surface area contributed by atoms with E-state index in [9.17, 15) is 4.79 Å². The van der Waals surface area contributed by atoms with E-state index < -0.39 is 0 Å². The third kappa shape index (κ3) is 6.16. The Morgan fingerprint density at radius 3 is 2.42 bits per heavy atom. The van der Waals surface area contributed by atoms with Gasteiger partial charge in [-0.15, -0.1) is 11.8 Å². The molecule has 0 aliphatic rings. The molecule has 0 unspecified atom stereocenters. The van der Waals surface area contributed by atoms with Gasteiger partial charge in [-0.25, -0.2) is 5.43 Å². The van der Waals surface area contributed by atoms with Crippen LogP contribution in [0.5, 0.6) is 0 Å². The normalized spacial score (nSPS) is 11.3. The molecule has 0 radical (unpaired) electrons. The van der Waals surface area contributed by atoms with Gasteiger partial charge in [-0.05, 0) is 57.5 Å². The average molecular weight is 474 g/mol. The molecule has 3 aromatic rings. The predicted octanol–water partition coefficient (Wildman–Crippen LogP) is 6.40. The van der Waals surface area contributed by atoms with Crippen LogP contribution in [-0.4, -0.2) is 22.4 Å². The average Bonchev–Trinajstić information content (AvgIpc) is 2.97. The van der Waals surface area contributed by atoms with Crippen molar-refractivity contribution in [3.05, 3.63) is 86.2 Å². The Bertz CT molecular complexity index is 1120. The number of amides is 1. The lowest BCUT2D eigenvalue weighted by molar-refractivity contribution is -0.118. The van der Waals surface area contributed by atoms with Crippen molar-refractivity contribution in [2.45, 2.75) is 33.4 Å². The van der Waals surface area contributed by atoms with E-state index in [-0.39, 0.29) is 5.91 Å². The van der Waals surface area contributed by atoms with Gasteiger partial charge in [0.15, 0.2) is 0 Å². The van der Waals surface area contributed by atoms with E-state index in [0.29, 0.717) is 15.8 Å². The molecule has 0 aliphatic carbocycles. The Balaban J connectivity index is 1.58. The second-order valence-corrected chi connectivity index (χ2v) is 9.34. The van der Waals surface area contributed by atoms with Crippen molar-refractivity contribution in [2.75, 3.05) is 5.75 Å². The second-order valence-electron chi connectivity index (χ2n) is 7.54. The van der Waals surface area contributed by atoms with Crippen molar-refractivity contribution >= 4 is 47.1 Å². The first-order valence-corrected chi connectivity index (χ1v) is 11.8. The lowest BCUT2D eigenvalue weighted by Gasteiger charge is -2.10. The molecule has 0 aliphatic heterocycles. The highest BCUT2D eigenvalue weighted by atomic mass is 35.5. The van der Waals surface area contributed by atoms with Gasteiger partial charge in [-0.1, -0.05) is 52.5 Å². The molecule has 0 spiro atoms. The molecule has 1 heterocycles. The van der Waals surface area contributed by atoms with E-state index in [1.165, 1.54) is 16.7 Å². The number of aromatic nitrogens is 1. The second kappa shape index (κ2) is 10.4. The first-order chi connectivity index (χ1) is 14.7. The molecule has 0 saturated carbocycles. The zero-order valence-corrected chi connectivity index (χ0v) is 20.3. The lowest BCUT2D eigenvalue weighted by atomic mass is 10.1. The Morgan fingerprint density at radius 1 is 1.03 bits per heavy atom. The smallest absolute Gasteiger partial charge is 0.250 e. The van der Waals surface area contributed by atoms with E-state index >= 15 is 0 Å². The molecular formula is C24H25Cl2N3OS. The van der Waals surface area contributed by atoms with Crippen LogP contribution in [0, 0.1) is 27.7 Å². The maximum Gasteiger partial charge on any atom is 0.250 e. The molecule has 0 atom stereocenters. The van der Waals surface area contributed by atoms with E-state index in [0.717, 1.165) is 28.4 Å². The van der Waals surface area contributed by atoms with Crippen molar-refractivity contribution in [3.63, 3.8) is 0 Å². The van der Waals surface area contributed by atoms with Crippen LogP contribution in [0.4, 0.5) is 0 Å². The number of halogens is 2. The fourth-order valence-electron chi connectivity index (χ4n) is 3.56. The number of nitrogens with zero attached hydrogens (tertiary/aromatic N) is 2. The molecular weight excluding hydrogens is 449 g/mol. The summed E-state index contributed by atoms with van der Waals surface area (Å²) in [5.41, 5.74) is 10.2. The van der Waals surface area contributed by atoms with Crippen LogP contribution in [-0.2, 0) is 10.5 Å². The monoisotopic (exact) mass is 473 g/mol. The molecule has 3 rings (SSSR count). The minimum Gasteiger partial charge on any atom is -0.318 e. The van der Waals surface area contributed by atoms with Crippen molar-refractivity contribution < 1.29 is 4.79 Å². The maximum atomic E-state index is 12.1. The highest BCUT2D eigenvalue weighted by Crippen LogP contribution is 2.27. The first kappa shape index (κ1) is 23.5. The van der Waals surface area contributed by atoms with Crippen molar-refractivity contribution in [1.82, 2.24) is 9.99 Å². The minimum absolute atomic E-state index is 0.121. The largest absolute Gasteiger partial charge is 0.318 e. The quantitative estimate of drug-likeness (QED) is 0.318. The van der Waals surface area contributed by atoms with Crippen molar-refractivity contribution in [3.8, 4) is 5.69 Å². The van der Waals surface area contributed by atoms with Crippen LogP contribution in [0.15, 0.2) is 47.6 Å². The standard InChI is InChI=1S/C24H25Cl2N3OS/c1-15-7-16(2)9-19(8-15)13-31-14-24(30)28-27-12-20-10-17(3)29(18(20)4)21-5-6-22(25)23(26)11-21/h5-12H,13-14H2,1-4H3,(H,28,30)/b27-12+. The van der Waals surface area contributed by atoms with Gasteiger partial charge in [0.05, 0.1) is 22.0 Å². The molecule has 31 heavy (non-hydrogen) atoms. The number of hydrazone groups is 1. The summed E-state index contributed by atoms with van der Waals surface area (Å²) in [6.45, 7) is 8.18. The van der Waals surface area contributed by atoms with Gasteiger partial charge < -0.3 is 4.57 Å². The van der Waals surface area contributed by atoms with Gasteiger partial charge in [0.1, 0.15) is 0 Å². The molecule has 1 N–H and O–H groups in total. The number of benzene rings is 2. The number of hydrogen-bond donors (Lipinski definition) is 1. The van der Waals surface area contributed by atoms with E-state index in [2.05, 4.69) is 47.1 Å². The van der Waals surface area contributed by atoms with Crippen molar-refractivity contribution in [2.24, 2.45) is 5.10 Å². The molecule has 0 fully saturated rings. The fourth-order valence-corrected chi connectivity index (χ4v) is 4.61. The Kier molecular flexibility index (Phi) is 7.87. The predicted molar refractivity (Wildman–Crippen MR) is 133 cm³/mol. The van der Waals surface area contributed by atoms with Gasteiger partial charge in [-0.2, -0.15) is 5.10 Å². The molecule has 162 valence electrons. The Labute approximate surface area is 197 Å². The molecule has 2 aromatic carbocycles. The number of nitrogens with one attached hydrogen (secondary N) is 1. The molecule has 1 amide bonds. The Hall–Kier alpha value is -2.21. The number of rotatable bonds is 7. The topological polar surface area (TPSA) is 46.4 Å². The fraction of sp³-hybridized carbons (Fsp3) is 0.250. The number of aryl methyl sites for hydroxylation is 3. The van der Waals surface area contributed by atoms with Gasteiger partial charge in [0.25, 0.3) is 0 Å². The van der Waals surface area contributed by atoms with Crippen LogP contribution < -0.4 is 5.43 Å². The summed E-state index contributed by atoms with van der Waals surface area (Å²) in [5.74, 6) is 1.03. The zero-order valence-electron chi connectivity index (χ0n) is 18.0. The van der Waals surface area contributed by atoms with Crippen molar-refractivity contribution in [1.29, 1.82) is 0 Å². The number of hydrogen-bond acceptors (Lipinski definition) is 3. The van der Waals surface area contributed by atoms with Gasteiger partial charge >= 0.3 is 0 Å². The van der Waals surface area contributed by atoms with Crippen LogP contribution in [0.2, 0.25) is 10.0 Å². The summed E-state index contributed by atoms with van der Waals surface area (Å²) in [4.78, 5) is 12.1. The van der Waals surface area contributed by atoms with Crippen LogP contribution in [0.25, 0.3) is 5.69 Å². The zero-order chi connectivity index (χ0) is 22.5. The lowest BCUT2D eigenvalue weighted by Crippen LogP contribution is -2.19. The Morgan fingerprint density at radius 2 is 1.74 bits per heavy atom. The first-order valence-electron chi connectivity index (χ1n) is 9.86. The number of carbonyl (C=O) groups excluding carboxylic acids is 1. The molecule has 1 aromatic heterocycles. The molecule has 4 nitrogen and oxygen atoms in total. The number of thioether (sulfide) groups is 1. The molecule has 0 bridgehead atoms. The van der Waals surface area contributed by atoms with Gasteiger partial charge in [0, 0.05) is 28.4 Å². The minimum atomic E-state index is -0.121. The highest BCUT2D eigenvalue weighted by molar-refractivity contribution is 7.99. The summed E-state index contributed by atoms with van der Waals surface area (Å²) in [6, 6.07) is 14.0. The van der Waals surface area contributed by atoms with Crippen LogP contribution in [0.3, 0.4) is 0 Å². The van der Waals surface area contributed by atoms with Crippen LogP contribution in [0.1, 0.15) is 33.6 Å². The number of carbonyl (C=O) groups is 1. The van der Waals surface area contributed by atoms with E-state index in [4.69, 9.17) is 23.2 Å². The third-order valence-corrected chi connectivity index (χ3v) is 6.55. The summed E-state index contributed by atoms with van der Waals surface area (Å²) in [6.07, 6.45) is 1.67. The maximum absolute atomic E-state index is 12.1. The summed E-state index contributed by atoms with van der Waals surface area (Å²) >= 11 is 13.8.